The van der Waals surface area contributed by atoms with Gasteiger partial charge < -0.3 is 5.11 Å². The molecular formula is C10H12Cl2N2O4S. The van der Waals surface area contributed by atoms with Crippen molar-refractivity contribution >= 4 is 45.1 Å². The van der Waals surface area contributed by atoms with Crippen LogP contribution in [0.25, 0.3) is 0 Å². The zero-order chi connectivity index (χ0) is 14.6. The second-order valence-electron chi connectivity index (χ2n) is 3.62. The number of nitrogens with one attached hydrogen (secondary N) is 2. The number of halogens is 2. The summed E-state index contributed by atoms with van der Waals surface area (Å²) in [5.41, 5.74) is -0.540. The Hall–Kier alpha value is -1.02. The van der Waals surface area contributed by atoms with Crippen LogP contribution in [0.5, 0.6) is 0 Å². The molecule has 0 bridgehead atoms. The van der Waals surface area contributed by atoms with Crippen molar-refractivity contribution in [3.05, 3.63) is 27.7 Å². The van der Waals surface area contributed by atoms with E-state index in [1.54, 1.807) is 6.92 Å². The van der Waals surface area contributed by atoms with Crippen molar-refractivity contribution in [3.8, 4) is 0 Å². The number of aromatic carboxylic acids is 1. The highest BCUT2D eigenvalue weighted by Crippen LogP contribution is 2.30. The first-order valence-corrected chi connectivity index (χ1v) is 7.50. The molecule has 0 saturated carbocycles. The molecule has 6 nitrogen and oxygen atoms in total. The standard InChI is InChI=1S/C10H12Cl2N2O4S/c1-2-3-13-19(17,18)14-9-7(10(15)16)4-6(11)5-8(9)12/h4-5,13-14H,2-3H2,1H3,(H,15,16). The van der Waals surface area contributed by atoms with Gasteiger partial charge in [-0.15, -0.1) is 0 Å². The fourth-order valence-electron chi connectivity index (χ4n) is 1.25. The van der Waals surface area contributed by atoms with Crippen LogP contribution in [0, 0.1) is 0 Å². The summed E-state index contributed by atoms with van der Waals surface area (Å²) >= 11 is 11.5. The predicted molar refractivity (Wildman–Crippen MR) is 74.3 cm³/mol. The van der Waals surface area contributed by atoms with Gasteiger partial charge in [-0.25, -0.2) is 4.79 Å². The van der Waals surface area contributed by atoms with E-state index in [-0.39, 0.29) is 27.8 Å². The van der Waals surface area contributed by atoms with Crippen molar-refractivity contribution < 1.29 is 18.3 Å². The summed E-state index contributed by atoms with van der Waals surface area (Å²) in [4.78, 5) is 11.1. The van der Waals surface area contributed by atoms with Gasteiger partial charge in [0.2, 0.25) is 0 Å². The summed E-state index contributed by atoms with van der Waals surface area (Å²) < 4.78 is 27.7. The number of carboxylic acid groups (broad SMARTS) is 1. The second-order valence-corrected chi connectivity index (χ2v) is 5.96. The number of carbonyl (C=O) groups is 1. The maximum absolute atomic E-state index is 11.7. The Bertz CT molecular complexity index is 589. The highest BCUT2D eigenvalue weighted by molar-refractivity contribution is 7.90. The molecule has 0 aliphatic rings. The van der Waals surface area contributed by atoms with Gasteiger partial charge in [-0.1, -0.05) is 30.1 Å². The number of hydrogen-bond donors (Lipinski definition) is 3. The molecule has 0 saturated heterocycles. The Morgan fingerprint density at radius 2 is 2.00 bits per heavy atom. The lowest BCUT2D eigenvalue weighted by atomic mass is 10.2. The van der Waals surface area contributed by atoms with Gasteiger partial charge >= 0.3 is 5.97 Å². The smallest absolute Gasteiger partial charge is 0.337 e. The summed E-state index contributed by atoms with van der Waals surface area (Å²) in [5.74, 6) is -1.34. The van der Waals surface area contributed by atoms with E-state index >= 15 is 0 Å². The van der Waals surface area contributed by atoms with Crippen LogP contribution in [-0.2, 0) is 10.2 Å². The average molecular weight is 327 g/mol. The van der Waals surface area contributed by atoms with E-state index < -0.39 is 16.2 Å². The van der Waals surface area contributed by atoms with Gasteiger partial charge in [0.05, 0.1) is 16.3 Å². The molecule has 1 aromatic carbocycles. The molecule has 0 spiro atoms. The van der Waals surface area contributed by atoms with E-state index in [0.29, 0.717) is 6.42 Å². The normalized spacial score (nSPS) is 11.3. The number of hydrogen-bond acceptors (Lipinski definition) is 3. The van der Waals surface area contributed by atoms with Crippen LogP contribution in [-0.4, -0.2) is 26.0 Å². The van der Waals surface area contributed by atoms with Crippen LogP contribution in [0.2, 0.25) is 10.0 Å². The van der Waals surface area contributed by atoms with E-state index in [4.69, 9.17) is 28.3 Å². The Morgan fingerprint density at radius 1 is 1.37 bits per heavy atom. The van der Waals surface area contributed by atoms with Gasteiger partial charge in [-0.2, -0.15) is 13.1 Å². The molecule has 0 aliphatic carbocycles. The number of anilines is 1. The third-order valence-corrected chi connectivity index (χ3v) is 3.64. The molecule has 0 aliphatic heterocycles. The lowest BCUT2D eigenvalue weighted by molar-refractivity contribution is 0.0698. The monoisotopic (exact) mass is 326 g/mol. The molecule has 0 radical (unpaired) electrons. The summed E-state index contributed by atoms with van der Waals surface area (Å²) in [7, 11) is -3.88. The van der Waals surface area contributed by atoms with Crippen LogP contribution in [0.15, 0.2) is 12.1 Å². The Morgan fingerprint density at radius 3 is 2.53 bits per heavy atom. The molecule has 19 heavy (non-hydrogen) atoms. The minimum atomic E-state index is -3.88. The number of carboxylic acids is 1. The zero-order valence-corrected chi connectivity index (χ0v) is 12.2. The van der Waals surface area contributed by atoms with Crippen LogP contribution >= 0.6 is 23.2 Å². The minimum Gasteiger partial charge on any atom is -0.478 e. The maximum atomic E-state index is 11.7. The van der Waals surface area contributed by atoms with Gasteiger partial charge in [-0.3, -0.25) is 4.72 Å². The lowest BCUT2D eigenvalue weighted by Crippen LogP contribution is -2.31. The van der Waals surface area contributed by atoms with E-state index in [1.807, 2.05) is 0 Å². The van der Waals surface area contributed by atoms with Crippen molar-refractivity contribution in [3.63, 3.8) is 0 Å². The van der Waals surface area contributed by atoms with Crippen LogP contribution in [0.3, 0.4) is 0 Å². The van der Waals surface area contributed by atoms with Gasteiger partial charge in [0.1, 0.15) is 0 Å². The first-order valence-electron chi connectivity index (χ1n) is 5.26. The molecule has 0 atom stereocenters. The fourth-order valence-corrected chi connectivity index (χ4v) is 2.88. The van der Waals surface area contributed by atoms with Crippen molar-refractivity contribution in [2.24, 2.45) is 0 Å². The van der Waals surface area contributed by atoms with Crippen LogP contribution in [0.1, 0.15) is 23.7 Å². The lowest BCUT2D eigenvalue weighted by Gasteiger charge is -2.13. The van der Waals surface area contributed by atoms with Gasteiger partial charge in [0, 0.05) is 11.6 Å². The molecule has 3 N–H and O–H groups in total. The molecule has 1 rings (SSSR count). The molecular weight excluding hydrogens is 315 g/mol. The summed E-state index contributed by atoms with van der Waals surface area (Å²) in [6.07, 6.45) is 0.598. The van der Waals surface area contributed by atoms with E-state index in [1.165, 1.54) is 6.07 Å². The largest absolute Gasteiger partial charge is 0.478 e. The molecule has 0 amide bonds. The van der Waals surface area contributed by atoms with E-state index in [2.05, 4.69) is 9.44 Å². The van der Waals surface area contributed by atoms with Crippen molar-refractivity contribution in [2.75, 3.05) is 11.3 Å². The molecule has 0 heterocycles. The Labute approximate surface area is 120 Å². The zero-order valence-electron chi connectivity index (χ0n) is 9.91. The van der Waals surface area contributed by atoms with Crippen molar-refractivity contribution in [1.29, 1.82) is 0 Å². The molecule has 106 valence electrons. The average Bonchev–Trinajstić information content (AvgIpc) is 2.29. The number of benzene rings is 1. The summed E-state index contributed by atoms with van der Waals surface area (Å²) in [6.45, 7) is 2.02. The SMILES string of the molecule is CCCNS(=O)(=O)Nc1c(Cl)cc(Cl)cc1C(=O)O. The van der Waals surface area contributed by atoms with Gasteiger partial charge in [0.15, 0.2) is 0 Å². The highest BCUT2D eigenvalue weighted by atomic mass is 35.5. The first-order chi connectivity index (χ1) is 8.76. The van der Waals surface area contributed by atoms with Crippen molar-refractivity contribution in [1.82, 2.24) is 4.72 Å². The maximum Gasteiger partial charge on any atom is 0.337 e. The summed E-state index contributed by atoms with van der Waals surface area (Å²) in [6, 6.07) is 2.38. The fraction of sp³-hybridized carbons (Fsp3) is 0.300. The highest BCUT2D eigenvalue weighted by Gasteiger charge is 2.19. The number of rotatable bonds is 6. The molecule has 0 unspecified atom stereocenters. The van der Waals surface area contributed by atoms with Crippen LogP contribution < -0.4 is 9.44 Å². The first kappa shape index (κ1) is 16.0. The van der Waals surface area contributed by atoms with Crippen molar-refractivity contribution in [2.45, 2.75) is 13.3 Å². The molecule has 0 aromatic heterocycles. The Kier molecular flexibility index (Phi) is 5.42. The molecule has 9 heteroatoms. The summed E-state index contributed by atoms with van der Waals surface area (Å²) in [5, 5.41) is 9.03. The molecule has 0 fully saturated rings. The van der Waals surface area contributed by atoms with E-state index in [9.17, 15) is 13.2 Å². The Balaban J connectivity index is 3.17. The van der Waals surface area contributed by atoms with Gasteiger partial charge in [0.25, 0.3) is 10.2 Å². The topological polar surface area (TPSA) is 95.5 Å². The third kappa shape index (κ3) is 4.54. The minimum absolute atomic E-state index is 0.0910. The van der Waals surface area contributed by atoms with Gasteiger partial charge in [-0.05, 0) is 18.6 Å². The predicted octanol–water partition coefficient (Wildman–Crippen LogP) is 2.35. The second kappa shape index (κ2) is 6.42. The third-order valence-electron chi connectivity index (χ3n) is 2.06. The molecule has 1 aromatic rings. The van der Waals surface area contributed by atoms with E-state index in [0.717, 1.165) is 6.07 Å². The van der Waals surface area contributed by atoms with Crippen LogP contribution in [0.4, 0.5) is 5.69 Å². The quantitative estimate of drug-likeness (QED) is 0.747.